The van der Waals surface area contributed by atoms with Gasteiger partial charge in [-0.25, -0.2) is 0 Å². The topological polar surface area (TPSA) is 49.6 Å². The van der Waals surface area contributed by atoms with Crippen LogP contribution in [0.1, 0.15) is 34.1 Å². The van der Waals surface area contributed by atoms with E-state index in [1.807, 2.05) is 19.0 Å². The fourth-order valence-corrected chi connectivity index (χ4v) is 1.65. The summed E-state index contributed by atoms with van der Waals surface area (Å²) in [5.41, 5.74) is 5.98. The molecule has 1 atom stereocenters. The molecule has 2 N–H and O–H groups in total. The van der Waals surface area contributed by atoms with Gasteiger partial charge in [0.2, 0.25) is 5.91 Å². The van der Waals surface area contributed by atoms with Gasteiger partial charge in [-0.3, -0.25) is 4.79 Å². The molecule has 0 aliphatic rings. The number of carbonyl (C=O) groups is 1. The van der Waals surface area contributed by atoms with Gasteiger partial charge in [-0.05, 0) is 25.9 Å². The van der Waals surface area contributed by atoms with Gasteiger partial charge in [0, 0.05) is 32.1 Å². The third-order valence-corrected chi connectivity index (χ3v) is 3.02. The van der Waals surface area contributed by atoms with Gasteiger partial charge in [0.1, 0.15) is 0 Å². The van der Waals surface area contributed by atoms with Crippen molar-refractivity contribution < 1.29 is 4.79 Å². The second-order valence-corrected chi connectivity index (χ2v) is 6.15. The molecule has 0 spiro atoms. The summed E-state index contributed by atoms with van der Waals surface area (Å²) in [6, 6.07) is -0.0356. The molecule has 0 radical (unpaired) electrons. The number of hydrogen-bond acceptors (Lipinski definition) is 3. The first-order valence-electron chi connectivity index (χ1n) is 6.92. The number of amides is 1. The molecule has 0 aromatic carbocycles. The summed E-state index contributed by atoms with van der Waals surface area (Å²) < 4.78 is 0. The van der Waals surface area contributed by atoms with E-state index < -0.39 is 0 Å². The maximum atomic E-state index is 12.2. The van der Waals surface area contributed by atoms with Crippen LogP contribution in [0.15, 0.2) is 0 Å². The van der Waals surface area contributed by atoms with Crippen molar-refractivity contribution in [3.63, 3.8) is 0 Å². The summed E-state index contributed by atoms with van der Waals surface area (Å²) in [6.07, 6.45) is 0.456. The Kier molecular flexibility index (Phi) is 8.20. The van der Waals surface area contributed by atoms with Crippen LogP contribution in [0.25, 0.3) is 0 Å². The molecule has 0 rings (SSSR count). The van der Waals surface area contributed by atoms with Gasteiger partial charge in [0.15, 0.2) is 0 Å². The molecule has 18 heavy (non-hydrogen) atoms. The third-order valence-electron chi connectivity index (χ3n) is 3.02. The number of likely N-dealkylation sites (N-methyl/N-ethyl adjacent to an activating group) is 1. The van der Waals surface area contributed by atoms with Crippen LogP contribution in [0.5, 0.6) is 0 Å². The normalized spacial score (nSPS) is 13.4. The Bertz CT molecular complexity index is 239. The van der Waals surface area contributed by atoms with E-state index in [9.17, 15) is 4.79 Å². The van der Waals surface area contributed by atoms with E-state index in [-0.39, 0.29) is 11.9 Å². The largest absolute Gasteiger partial charge is 0.341 e. The Hall–Kier alpha value is -0.610. The van der Waals surface area contributed by atoms with Gasteiger partial charge in [0.25, 0.3) is 0 Å². The molecule has 0 saturated heterocycles. The lowest BCUT2D eigenvalue weighted by atomic mass is 10.0. The van der Waals surface area contributed by atoms with Crippen LogP contribution in [0.3, 0.4) is 0 Å². The Morgan fingerprint density at radius 3 is 2.06 bits per heavy atom. The maximum absolute atomic E-state index is 12.2. The first kappa shape index (κ1) is 17.4. The molecule has 0 aliphatic heterocycles. The van der Waals surface area contributed by atoms with E-state index in [2.05, 4.69) is 32.6 Å². The molecule has 0 aromatic heterocycles. The van der Waals surface area contributed by atoms with Crippen LogP contribution < -0.4 is 5.73 Å². The molecule has 4 nitrogen and oxygen atoms in total. The molecular formula is C14H31N3O. The van der Waals surface area contributed by atoms with E-state index in [1.54, 1.807) is 0 Å². The lowest BCUT2D eigenvalue weighted by Crippen LogP contribution is -2.42. The molecule has 1 unspecified atom stereocenters. The van der Waals surface area contributed by atoms with Crippen molar-refractivity contribution in [2.24, 2.45) is 17.6 Å². The zero-order valence-electron chi connectivity index (χ0n) is 12.9. The van der Waals surface area contributed by atoms with Gasteiger partial charge in [-0.2, -0.15) is 0 Å². The minimum Gasteiger partial charge on any atom is -0.341 e. The smallest absolute Gasteiger partial charge is 0.224 e. The molecule has 0 aromatic rings. The van der Waals surface area contributed by atoms with Gasteiger partial charge >= 0.3 is 0 Å². The van der Waals surface area contributed by atoms with Crippen molar-refractivity contribution in [3.8, 4) is 0 Å². The summed E-state index contributed by atoms with van der Waals surface area (Å²) in [5, 5.41) is 0. The van der Waals surface area contributed by atoms with Crippen LogP contribution in [0, 0.1) is 11.8 Å². The first-order chi connectivity index (χ1) is 8.23. The SMILES string of the molecule is CC(C)CN(CCN(C)C)C(=O)CC(N)C(C)C. The Balaban J connectivity index is 4.39. The molecule has 0 heterocycles. The zero-order chi connectivity index (χ0) is 14.3. The van der Waals surface area contributed by atoms with Crippen molar-refractivity contribution in [3.05, 3.63) is 0 Å². The molecule has 1 amide bonds. The van der Waals surface area contributed by atoms with Crippen LogP contribution in [0.2, 0.25) is 0 Å². The standard InChI is InChI=1S/C14H31N3O/c1-11(2)10-17(8-7-16(5)6)14(18)9-13(15)12(3)4/h11-13H,7-10,15H2,1-6H3. The third kappa shape index (κ3) is 7.67. The van der Waals surface area contributed by atoms with Gasteiger partial charge in [-0.1, -0.05) is 27.7 Å². The highest BCUT2D eigenvalue weighted by molar-refractivity contribution is 5.76. The van der Waals surface area contributed by atoms with E-state index in [4.69, 9.17) is 5.73 Å². The molecule has 0 aliphatic carbocycles. The van der Waals surface area contributed by atoms with Gasteiger partial charge in [0.05, 0.1) is 0 Å². The quantitative estimate of drug-likeness (QED) is 0.715. The van der Waals surface area contributed by atoms with E-state index in [0.717, 1.165) is 19.6 Å². The number of rotatable bonds is 8. The fourth-order valence-electron chi connectivity index (χ4n) is 1.65. The highest BCUT2D eigenvalue weighted by Crippen LogP contribution is 2.08. The predicted molar refractivity (Wildman–Crippen MR) is 77.4 cm³/mol. The predicted octanol–water partition coefficient (Wildman–Crippen LogP) is 1.41. The highest BCUT2D eigenvalue weighted by atomic mass is 16.2. The summed E-state index contributed by atoms with van der Waals surface area (Å²) in [6.45, 7) is 10.9. The Labute approximate surface area is 113 Å². The van der Waals surface area contributed by atoms with Crippen molar-refractivity contribution in [2.45, 2.75) is 40.2 Å². The van der Waals surface area contributed by atoms with Crippen LogP contribution in [-0.4, -0.2) is 55.5 Å². The van der Waals surface area contributed by atoms with E-state index in [1.165, 1.54) is 0 Å². The molecule has 4 heteroatoms. The summed E-state index contributed by atoms with van der Waals surface area (Å²) in [4.78, 5) is 16.3. The van der Waals surface area contributed by atoms with Crippen LogP contribution >= 0.6 is 0 Å². The van der Waals surface area contributed by atoms with Crippen LogP contribution in [0.4, 0.5) is 0 Å². The van der Waals surface area contributed by atoms with E-state index >= 15 is 0 Å². The van der Waals surface area contributed by atoms with Crippen molar-refractivity contribution in [1.82, 2.24) is 9.80 Å². The molecule has 0 fully saturated rings. The molecular weight excluding hydrogens is 226 g/mol. The number of hydrogen-bond donors (Lipinski definition) is 1. The van der Waals surface area contributed by atoms with Crippen molar-refractivity contribution >= 4 is 5.91 Å². The number of carbonyl (C=O) groups excluding carboxylic acids is 1. The zero-order valence-corrected chi connectivity index (χ0v) is 12.9. The summed E-state index contributed by atoms with van der Waals surface area (Å²) in [5.74, 6) is 1.03. The monoisotopic (exact) mass is 257 g/mol. The van der Waals surface area contributed by atoms with E-state index in [0.29, 0.717) is 18.3 Å². The molecule has 0 bridgehead atoms. The van der Waals surface area contributed by atoms with Crippen molar-refractivity contribution in [1.29, 1.82) is 0 Å². The average molecular weight is 257 g/mol. The van der Waals surface area contributed by atoms with Crippen molar-refractivity contribution in [2.75, 3.05) is 33.7 Å². The molecule has 0 saturated carbocycles. The Morgan fingerprint density at radius 2 is 1.67 bits per heavy atom. The lowest BCUT2D eigenvalue weighted by molar-refractivity contribution is -0.132. The Morgan fingerprint density at radius 1 is 1.11 bits per heavy atom. The first-order valence-corrected chi connectivity index (χ1v) is 6.92. The minimum atomic E-state index is -0.0356. The lowest BCUT2D eigenvalue weighted by Gasteiger charge is -2.28. The summed E-state index contributed by atoms with van der Waals surface area (Å²) >= 11 is 0. The van der Waals surface area contributed by atoms with Gasteiger partial charge in [-0.15, -0.1) is 0 Å². The second kappa shape index (κ2) is 8.48. The number of nitrogens with zero attached hydrogens (tertiary/aromatic N) is 2. The fraction of sp³-hybridized carbons (Fsp3) is 0.929. The summed E-state index contributed by atoms with van der Waals surface area (Å²) in [7, 11) is 4.05. The average Bonchev–Trinajstić information content (AvgIpc) is 2.22. The van der Waals surface area contributed by atoms with Crippen LogP contribution in [-0.2, 0) is 4.79 Å². The second-order valence-electron chi connectivity index (χ2n) is 6.15. The highest BCUT2D eigenvalue weighted by Gasteiger charge is 2.19. The number of nitrogens with two attached hydrogens (primary N) is 1. The molecule has 108 valence electrons. The maximum Gasteiger partial charge on any atom is 0.224 e. The van der Waals surface area contributed by atoms with Gasteiger partial charge < -0.3 is 15.5 Å². The minimum absolute atomic E-state index is 0.0356.